The monoisotopic (exact) mass is 297 g/mol. The highest BCUT2D eigenvalue weighted by Gasteiger charge is 2.35. The number of anilines is 1. The van der Waals surface area contributed by atoms with Crippen LogP contribution in [0, 0.1) is 11.3 Å². The fourth-order valence-corrected chi connectivity index (χ4v) is 2.69. The summed E-state index contributed by atoms with van der Waals surface area (Å²) < 4.78 is 39.2. The molecule has 3 nitrogen and oxygen atoms in total. The minimum atomic E-state index is -4.43. The number of benzene rings is 1. The van der Waals surface area contributed by atoms with Gasteiger partial charge in [-0.05, 0) is 51.6 Å². The van der Waals surface area contributed by atoms with Gasteiger partial charge in [-0.25, -0.2) is 0 Å². The van der Waals surface area contributed by atoms with Crippen molar-refractivity contribution in [3.63, 3.8) is 0 Å². The van der Waals surface area contributed by atoms with Gasteiger partial charge in [0.1, 0.15) is 0 Å². The van der Waals surface area contributed by atoms with Crippen LogP contribution in [0.5, 0.6) is 0 Å². The lowest BCUT2D eigenvalue weighted by atomic mass is 9.97. The molecule has 1 aliphatic heterocycles. The summed E-state index contributed by atoms with van der Waals surface area (Å²) in [4.78, 5) is 2.13. The highest BCUT2D eigenvalue weighted by molar-refractivity contribution is 5.57. The van der Waals surface area contributed by atoms with Crippen LogP contribution in [-0.4, -0.2) is 30.6 Å². The van der Waals surface area contributed by atoms with E-state index in [1.165, 1.54) is 12.1 Å². The summed E-state index contributed by atoms with van der Waals surface area (Å²) in [5.74, 6) is 0. The Labute approximate surface area is 122 Å². The molecule has 1 aliphatic rings. The smallest absolute Gasteiger partial charge is 0.380 e. The maximum atomic E-state index is 13.1. The van der Waals surface area contributed by atoms with E-state index in [2.05, 4.69) is 10.2 Å². The Balaban J connectivity index is 2.31. The normalized spacial score (nSPS) is 23.6. The number of hydrogen-bond acceptors (Lipinski definition) is 3. The Morgan fingerprint density at radius 1 is 1.38 bits per heavy atom. The summed E-state index contributed by atoms with van der Waals surface area (Å²) in [7, 11) is 1.97. The topological polar surface area (TPSA) is 39.1 Å². The number of alkyl halides is 3. The van der Waals surface area contributed by atoms with Gasteiger partial charge >= 0.3 is 6.18 Å². The Kier molecular flexibility index (Phi) is 4.43. The number of nitrogens with one attached hydrogen (secondary N) is 1. The molecule has 1 N–H and O–H groups in total. The van der Waals surface area contributed by atoms with E-state index in [-0.39, 0.29) is 23.3 Å². The molecule has 0 amide bonds. The van der Waals surface area contributed by atoms with E-state index < -0.39 is 11.7 Å². The van der Waals surface area contributed by atoms with Crippen LogP contribution in [0.3, 0.4) is 0 Å². The van der Waals surface area contributed by atoms with Gasteiger partial charge < -0.3 is 10.2 Å². The van der Waals surface area contributed by atoms with Crippen molar-refractivity contribution >= 4 is 5.69 Å². The molecule has 1 aromatic carbocycles. The summed E-state index contributed by atoms with van der Waals surface area (Å²) in [6.07, 6.45) is -2.67. The number of likely N-dealkylation sites (tertiary alicyclic amines) is 1. The SMILES string of the molecule is CC1C(Nc2cc(C#N)ccc2C(F)(F)F)CCCN1C. The van der Waals surface area contributed by atoms with E-state index in [0.29, 0.717) is 0 Å². The van der Waals surface area contributed by atoms with E-state index in [9.17, 15) is 13.2 Å². The number of hydrogen-bond donors (Lipinski definition) is 1. The summed E-state index contributed by atoms with van der Waals surface area (Å²) in [6.45, 7) is 2.95. The van der Waals surface area contributed by atoms with Gasteiger partial charge in [0.15, 0.2) is 0 Å². The zero-order valence-corrected chi connectivity index (χ0v) is 12.0. The predicted octanol–water partition coefficient (Wildman–Crippen LogP) is 3.47. The van der Waals surface area contributed by atoms with Crippen LogP contribution in [0.1, 0.15) is 30.9 Å². The van der Waals surface area contributed by atoms with Gasteiger partial charge in [0.25, 0.3) is 0 Å². The van der Waals surface area contributed by atoms with Crippen molar-refractivity contribution in [1.29, 1.82) is 5.26 Å². The van der Waals surface area contributed by atoms with Crippen molar-refractivity contribution in [1.82, 2.24) is 4.90 Å². The second kappa shape index (κ2) is 5.94. The summed E-state index contributed by atoms with van der Waals surface area (Å²) in [5.41, 5.74) is -0.502. The molecule has 1 fully saturated rings. The first-order chi connectivity index (χ1) is 9.82. The number of piperidine rings is 1. The zero-order valence-electron chi connectivity index (χ0n) is 12.0. The van der Waals surface area contributed by atoms with Crippen molar-refractivity contribution in [3.8, 4) is 6.07 Å². The first-order valence-electron chi connectivity index (χ1n) is 6.91. The highest BCUT2D eigenvalue weighted by Crippen LogP contribution is 2.36. The third-order valence-electron chi connectivity index (χ3n) is 4.10. The lowest BCUT2D eigenvalue weighted by Gasteiger charge is -2.38. The van der Waals surface area contributed by atoms with Gasteiger partial charge in [0.2, 0.25) is 0 Å². The number of rotatable bonds is 2. The molecule has 21 heavy (non-hydrogen) atoms. The molecule has 1 aromatic rings. The van der Waals surface area contributed by atoms with E-state index in [0.717, 1.165) is 25.5 Å². The van der Waals surface area contributed by atoms with Crippen LogP contribution in [0.2, 0.25) is 0 Å². The zero-order chi connectivity index (χ0) is 15.6. The van der Waals surface area contributed by atoms with Crippen molar-refractivity contribution in [2.75, 3.05) is 18.9 Å². The first-order valence-corrected chi connectivity index (χ1v) is 6.91. The molecule has 0 bridgehead atoms. The predicted molar refractivity (Wildman–Crippen MR) is 74.9 cm³/mol. The van der Waals surface area contributed by atoms with Crippen LogP contribution in [-0.2, 0) is 6.18 Å². The molecule has 0 aliphatic carbocycles. The maximum Gasteiger partial charge on any atom is 0.418 e. The van der Waals surface area contributed by atoms with Crippen LogP contribution in [0.25, 0.3) is 0 Å². The molecule has 0 saturated carbocycles. The van der Waals surface area contributed by atoms with Crippen molar-refractivity contribution < 1.29 is 13.2 Å². The van der Waals surface area contributed by atoms with Gasteiger partial charge in [0, 0.05) is 17.8 Å². The van der Waals surface area contributed by atoms with Gasteiger partial charge in [0.05, 0.1) is 17.2 Å². The largest absolute Gasteiger partial charge is 0.418 e. The number of likely N-dealkylation sites (N-methyl/N-ethyl adjacent to an activating group) is 1. The van der Waals surface area contributed by atoms with E-state index in [4.69, 9.17) is 5.26 Å². The third-order valence-corrected chi connectivity index (χ3v) is 4.10. The summed E-state index contributed by atoms with van der Waals surface area (Å²) in [6, 6.07) is 5.42. The van der Waals surface area contributed by atoms with Crippen LogP contribution >= 0.6 is 0 Å². The number of nitriles is 1. The fraction of sp³-hybridized carbons (Fsp3) is 0.533. The van der Waals surface area contributed by atoms with Crippen LogP contribution < -0.4 is 5.32 Å². The van der Waals surface area contributed by atoms with Crippen molar-refractivity contribution in [2.45, 2.75) is 38.0 Å². The first kappa shape index (κ1) is 15.6. The fourth-order valence-electron chi connectivity index (χ4n) is 2.69. The Bertz CT molecular complexity index is 548. The molecule has 1 heterocycles. The van der Waals surface area contributed by atoms with Crippen molar-refractivity contribution in [2.24, 2.45) is 0 Å². The molecular formula is C15H18F3N3. The Hall–Kier alpha value is -1.74. The van der Waals surface area contributed by atoms with E-state index in [1.807, 2.05) is 20.0 Å². The molecule has 0 spiro atoms. The average molecular weight is 297 g/mol. The van der Waals surface area contributed by atoms with Crippen LogP contribution in [0.4, 0.5) is 18.9 Å². The lowest BCUT2D eigenvalue weighted by molar-refractivity contribution is -0.137. The summed E-state index contributed by atoms with van der Waals surface area (Å²) >= 11 is 0. The minimum Gasteiger partial charge on any atom is -0.380 e. The Morgan fingerprint density at radius 3 is 2.71 bits per heavy atom. The second-order valence-corrected chi connectivity index (χ2v) is 5.48. The molecule has 2 atom stereocenters. The number of nitrogens with zero attached hydrogens (tertiary/aromatic N) is 2. The molecule has 114 valence electrons. The molecule has 2 rings (SSSR count). The average Bonchev–Trinajstić information content (AvgIpc) is 2.42. The molecule has 6 heteroatoms. The Morgan fingerprint density at radius 2 is 2.10 bits per heavy atom. The summed E-state index contributed by atoms with van der Waals surface area (Å²) in [5, 5.41) is 11.9. The molecule has 1 saturated heterocycles. The molecular weight excluding hydrogens is 279 g/mol. The number of halogens is 3. The van der Waals surface area contributed by atoms with Gasteiger partial charge in [-0.1, -0.05) is 0 Å². The van der Waals surface area contributed by atoms with Crippen molar-refractivity contribution in [3.05, 3.63) is 29.3 Å². The standard InChI is InChI=1S/C15H18F3N3/c1-10-13(4-3-7-21(10)2)20-14-8-11(9-19)5-6-12(14)15(16,17)18/h5-6,8,10,13,20H,3-4,7H2,1-2H3. The maximum absolute atomic E-state index is 13.1. The lowest BCUT2D eigenvalue weighted by Crippen LogP contribution is -2.47. The van der Waals surface area contributed by atoms with Gasteiger partial charge in [-0.2, -0.15) is 18.4 Å². The van der Waals surface area contributed by atoms with Gasteiger partial charge in [-0.3, -0.25) is 0 Å². The van der Waals surface area contributed by atoms with E-state index >= 15 is 0 Å². The van der Waals surface area contributed by atoms with Crippen LogP contribution in [0.15, 0.2) is 18.2 Å². The third kappa shape index (κ3) is 3.48. The minimum absolute atomic E-state index is 0.00583. The van der Waals surface area contributed by atoms with E-state index in [1.54, 1.807) is 0 Å². The molecule has 0 radical (unpaired) electrons. The molecule has 0 aromatic heterocycles. The van der Waals surface area contributed by atoms with Gasteiger partial charge in [-0.15, -0.1) is 0 Å². The quantitative estimate of drug-likeness (QED) is 0.908. The second-order valence-electron chi connectivity index (χ2n) is 5.48. The molecule has 2 unspecified atom stereocenters. The highest BCUT2D eigenvalue weighted by atomic mass is 19.4.